The predicted molar refractivity (Wildman–Crippen MR) is 250 cm³/mol. The third kappa shape index (κ3) is 44.4. The van der Waals surface area contributed by atoms with E-state index in [9.17, 15) is 19.8 Å². The fourth-order valence-corrected chi connectivity index (χ4v) is 8.35. The highest BCUT2D eigenvalue weighted by molar-refractivity contribution is 5.76. The van der Waals surface area contributed by atoms with Crippen LogP contribution in [0.2, 0.25) is 0 Å². The summed E-state index contributed by atoms with van der Waals surface area (Å²) in [5, 5.41) is 23.2. The summed E-state index contributed by atoms with van der Waals surface area (Å²) in [6.07, 6.45) is 53.6. The Bertz CT molecular complexity index is 822. The average Bonchev–Trinajstić information content (AvgIpc) is 3.22. The van der Waals surface area contributed by atoms with E-state index in [2.05, 4.69) is 19.2 Å². The molecular weight excluding hydrogens is 719 g/mol. The molecule has 0 bridgehead atoms. The minimum absolute atomic E-state index is 0.00912. The van der Waals surface area contributed by atoms with Crippen molar-refractivity contribution in [3.05, 3.63) is 0 Å². The van der Waals surface area contributed by atoms with E-state index in [4.69, 9.17) is 4.74 Å². The first kappa shape index (κ1) is 56.9. The van der Waals surface area contributed by atoms with Gasteiger partial charge in [0.15, 0.2) is 0 Å². The molecule has 0 aliphatic carbocycles. The van der Waals surface area contributed by atoms with E-state index >= 15 is 0 Å². The normalized spacial score (nSPS) is 12.6. The van der Waals surface area contributed by atoms with Crippen LogP contribution >= 0.6 is 0 Å². The molecule has 6 heteroatoms. The zero-order valence-corrected chi connectivity index (χ0v) is 39.3. The summed E-state index contributed by atoms with van der Waals surface area (Å²) >= 11 is 0. The standard InChI is InChI=1S/C52H103NO5/c1-3-5-7-9-11-13-15-17-18-19-20-22-26-30-34-38-42-46-52(57)58-47-43-39-35-31-27-23-25-29-33-37-41-45-51(56)53-49(48-54)50(55)44-40-36-32-28-24-21-16-14-12-10-8-6-4-2/h49-50,54-55H,3-48H2,1-2H3,(H,53,56). The number of unbranched alkanes of at least 4 members (excludes halogenated alkanes) is 38. The molecule has 6 nitrogen and oxygen atoms in total. The molecule has 0 spiro atoms. The molecule has 0 aliphatic rings. The average molecular weight is 822 g/mol. The summed E-state index contributed by atoms with van der Waals surface area (Å²) in [5.74, 6) is -0.0612. The van der Waals surface area contributed by atoms with Gasteiger partial charge in [0.05, 0.1) is 25.4 Å². The van der Waals surface area contributed by atoms with Gasteiger partial charge >= 0.3 is 5.97 Å². The molecular formula is C52H103NO5. The van der Waals surface area contributed by atoms with Gasteiger partial charge in [0.1, 0.15) is 0 Å². The van der Waals surface area contributed by atoms with Crippen molar-refractivity contribution in [2.75, 3.05) is 13.2 Å². The molecule has 58 heavy (non-hydrogen) atoms. The summed E-state index contributed by atoms with van der Waals surface area (Å²) in [6, 6.07) is -0.553. The molecule has 0 aromatic carbocycles. The first-order valence-corrected chi connectivity index (χ1v) is 26.3. The Kier molecular flexibility index (Phi) is 47.6. The molecule has 0 radical (unpaired) electrons. The van der Waals surface area contributed by atoms with Crippen molar-refractivity contribution in [3.63, 3.8) is 0 Å². The highest BCUT2D eigenvalue weighted by Crippen LogP contribution is 2.17. The van der Waals surface area contributed by atoms with E-state index < -0.39 is 12.1 Å². The van der Waals surface area contributed by atoms with Gasteiger partial charge in [0, 0.05) is 12.8 Å². The molecule has 0 saturated carbocycles. The van der Waals surface area contributed by atoms with E-state index in [0.717, 1.165) is 57.8 Å². The summed E-state index contributed by atoms with van der Waals surface area (Å²) in [7, 11) is 0. The van der Waals surface area contributed by atoms with E-state index in [-0.39, 0.29) is 18.5 Å². The summed E-state index contributed by atoms with van der Waals surface area (Å²) in [5.41, 5.74) is 0. The van der Waals surface area contributed by atoms with Gasteiger partial charge in [-0.1, -0.05) is 258 Å². The molecule has 0 heterocycles. The molecule has 0 aromatic heterocycles. The lowest BCUT2D eigenvalue weighted by Gasteiger charge is -2.22. The van der Waals surface area contributed by atoms with Crippen molar-refractivity contribution >= 4 is 11.9 Å². The Hall–Kier alpha value is -1.14. The monoisotopic (exact) mass is 822 g/mol. The van der Waals surface area contributed by atoms with Crippen LogP contribution in [0.5, 0.6) is 0 Å². The number of carbonyl (C=O) groups excluding carboxylic acids is 2. The third-order valence-electron chi connectivity index (χ3n) is 12.4. The Balaban J connectivity index is 3.43. The highest BCUT2D eigenvalue weighted by Gasteiger charge is 2.20. The van der Waals surface area contributed by atoms with Gasteiger partial charge in [-0.25, -0.2) is 0 Å². The van der Waals surface area contributed by atoms with Gasteiger partial charge in [0.25, 0.3) is 0 Å². The van der Waals surface area contributed by atoms with Crippen LogP contribution in [-0.4, -0.2) is 47.4 Å². The number of rotatable bonds is 49. The quantitative estimate of drug-likeness (QED) is 0.0420. The Morgan fingerprint density at radius 2 is 0.707 bits per heavy atom. The number of esters is 1. The number of ether oxygens (including phenoxy) is 1. The Morgan fingerprint density at radius 3 is 1.05 bits per heavy atom. The smallest absolute Gasteiger partial charge is 0.305 e. The van der Waals surface area contributed by atoms with Crippen molar-refractivity contribution in [1.29, 1.82) is 0 Å². The number of aliphatic hydroxyl groups is 2. The van der Waals surface area contributed by atoms with Crippen LogP contribution in [0.3, 0.4) is 0 Å². The minimum Gasteiger partial charge on any atom is -0.466 e. The Labute approximate surface area is 362 Å². The van der Waals surface area contributed by atoms with E-state index in [1.54, 1.807) is 0 Å². The first-order chi connectivity index (χ1) is 28.5. The molecule has 1 amide bonds. The first-order valence-electron chi connectivity index (χ1n) is 26.3. The fraction of sp³-hybridized carbons (Fsp3) is 0.962. The lowest BCUT2D eigenvalue weighted by atomic mass is 10.0. The summed E-state index contributed by atoms with van der Waals surface area (Å²) < 4.78 is 5.47. The number of hydrogen-bond acceptors (Lipinski definition) is 5. The van der Waals surface area contributed by atoms with Gasteiger partial charge in [0.2, 0.25) is 5.91 Å². The van der Waals surface area contributed by atoms with E-state index in [1.165, 1.54) is 205 Å². The lowest BCUT2D eigenvalue weighted by Crippen LogP contribution is -2.45. The van der Waals surface area contributed by atoms with Gasteiger partial charge in [-0.3, -0.25) is 9.59 Å². The largest absolute Gasteiger partial charge is 0.466 e. The molecule has 0 fully saturated rings. The van der Waals surface area contributed by atoms with Crippen LogP contribution < -0.4 is 5.32 Å². The Morgan fingerprint density at radius 1 is 0.414 bits per heavy atom. The highest BCUT2D eigenvalue weighted by atomic mass is 16.5. The van der Waals surface area contributed by atoms with Crippen LogP contribution in [-0.2, 0) is 14.3 Å². The SMILES string of the molecule is CCCCCCCCCCCCCCCCCCCC(=O)OCCCCCCCCCCCCCC(=O)NC(CO)C(O)CCCCCCCCCCCCCCC. The minimum atomic E-state index is -0.674. The maximum Gasteiger partial charge on any atom is 0.305 e. The van der Waals surface area contributed by atoms with Crippen molar-refractivity contribution in [3.8, 4) is 0 Å². The maximum absolute atomic E-state index is 12.4. The second kappa shape index (κ2) is 48.5. The van der Waals surface area contributed by atoms with Gasteiger partial charge < -0.3 is 20.3 Å². The van der Waals surface area contributed by atoms with Crippen LogP contribution in [0.15, 0.2) is 0 Å². The van der Waals surface area contributed by atoms with Crippen molar-refractivity contribution in [2.24, 2.45) is 0 Å². The third-order valence-corrected chi connectivity index (χ3v) is 12.4. The van der Waals surface area contributed by atoms with Crippen LogP contribution in [0.4, 0.5) is 0 Å². The van der Waals surface area contributed by atoms with Crippen LogP contribution in [0, 0.1) is 0 Å². The number of hydrogen-bond donors (Lipinski definition) is 3. The molecule has 0 aromatic rings. The summed E-state index contributed by atoms with van der Waals surface area (Å²) in [6.45, 7) is 4.93. The molecule has 0 rings (SSSR count). The topological polar surface area (TPSA) is 95.9 Å². The fourth-order valence-electron chi connectivity index (χ4n) is 8.35. The zero-order chi connectivity index (χ0) is 42.3. The molecule has 3 N–H and O–H groups in total. The predicted octanol–water partition coefficient (Wildman–Crippen LogP) is 15.6. The van der Waals surface area contributed by atoms with E-state index in [1.807, 2.05) is 0 Å². The molecule has 0 saturated heterocycles. The van der Waals surface area contributed by atoms with Crippen molar-refractivity contribution in [1.82, 2.24) is 5.32 Å². The molecule has 2 atom stereocenters. The van der Waals surface area contributed by atoms with Gasteiger partial charge in [-0.05, 0) is 25.7 Å². The maximum atomic E-state index is 12.4. The van der Waals surface area contributed by atoms with Crippen LogP contribution in [0.1, 0.15) is 296 Å². The van der Waals surface area contributed by atoms with E-state index in [0.29, 0.717) is 25.9 Å². The van der Waals surface area contributed by atoms with Crippen molar-refractivity contribution in [2.45, 2.75) is 309 Å². The molecule has 0 aliphatic heterocycles. The molecule has 346 valence electrons. The second-order valence-electron chi connectivity index (χ2n) is 18.2. The zero-order valence-electron chi connectivity index (χ0n) is 39.3. The number of carbonyl (C=O) groups is 2. The van der Waals surface area contributed by atoms with Gasteiger partial charge in [-0.2, -0.15) is 0 Å². The number of nitrogens with one attached hydrogen (secondary N) is 1. The van der Waals surface area contributed by atoms with Crippen molar-refractivity contribution < 1.29 is 24.5 Å². The second-order valence-corrected chi connectivity index (χ2v) is 18.2. The lowest BCUT2D eigenvalue weighted by molar-refractivity contribution is -0.143. The van der Waals surface area contributed by atoms with Gasteiger partial charge in [-0.15, -0.1) is 0 Å². The van der Waals surface area contributed by atoms with Crippen LogP contribution in [0.25, 0.3) is 0 Å². The molecule has 2 unspecified atom stereocenters. The summed E-state index contributed by atoms with van der Waals surface area (Å²) in [4.78, 5) is 24.5. The number of amides is 1. The number of aliphatic hydroxyl groups excluding tert-OH is 2.